The van der Waals surface area contributed by atoms with E-state index in [0.717, 1.165) is 12.8 Å². The lowest BCUT2D eigenvalue weighted by Gasteiger charge is -2.14. The Labute approximate surface area is 84.1 Å². The van der Waals surface area contributed by atoms with E-state index in [-0.39, 0.29) is 12.7 Å². The van der Waals surface area contributed by atoms with Crippen LogP contribution in [0.3, 0.4) is 0 Å². The van der Waals surface area contributed by atoms with Crippen molar-refractivity contribution in [3.05, 3.63) is 0 Å². The van der Waals surface area contributed by atoms with E-state index in [1.165, 1.54) is 0 Å². The van der Waals surface area contributed by atoms with Gasteiger partial charge in [-0.05, 0) is 32.6 Å². The third-order valence-electron chi connectivity index (χ3n) is 3.05. The second kappa shape index (κ2) is 2.96. The van der Waals surface area contributed by atoms with Crippen LogP contribution in [0.2, 0.25) is 0 Å². The second-order valence-corrected chi connectivity index (χ2v) is 4.57. The van der Waals surface area contributed by atoms with Gasteiger partial charge < -0.3 is 14.9 Å². The summed E-state index contributed by atoms with van der Waals surface area (Å²) >= 11 is 0. The Kier molecular flexibility index (Phi) is 2.11. The van der Waals surface area contributed by atoms with E-state index in [0.29, 0.717) is 5.92 Å². The average Bonchev–Trinajstić information content (AvgIpc) is 2.96. The lowest BCUT2D eigenvalue weighted by Crippen LogP contribution is -2.25. The molecule has 1 heterocycles. The fourth-order valence-electron chi connectivity index (χ4n) is 1.58. The zero-order chi connectivity index (χ0) is 10.4. The van der Waals surface area contributed by atoms with Gasteiger partial charge in [0.25, 0.3) is 0 Å². The smallest absolute Gasteiger partial charge is 0.154 e. The van der Waals surface area contributed by atoms with Gasteiger partial charge in [-0.15, -0.1) is 0 Å². The first kappa shape index (κ1) is 9.97. The Morgan fingerprint density at radius 2 is 2.21 bits per heavy atom. The van der Waals surface area contributed by atoms with Crippen LogP contribution >= 0.6 is 0 Å². The van der Waals surface area contributed by atoms with Crippen LogP contribution in [0.1, 0.15) is 26.7 Å². The van der Waals surface area contributed by atoms with Gasteiger partial charge in [-0.1, -0.05) is 11.8 Å². The molecule has 0 bridgehead atoms. The summed E-state index contributed by atoms with van der Waals surface area (Å²) in [6, 6.07) is 0. The number of aliphatic hydroxyl groups excluding tert-OH is 1. The summed E-state index contributed by atoms with van der Waals surface area (Å²) in [5.74, 6) is 6.09. The molecule has 2 rings (SSSR count). The first-order valence-electron chi connectivity index (χ1n) is 5.03. The maximum atomic E-state index is 9.91. The van der Waals surface area contributed by atoms with Crippen molar-refractivity contribution in [1.82, 2.24) is 0 Å². The van der Waals surface area contributed by atoms with E-state index in [1.807, 2.05) is 6.92 Å². The molecule has 0 aromatic carbocycles. The fourth-order valence-corrected chi connectivity index (χ4v) is 1.58. The monoisotopic (exact) mass is 196 g/mol. The quantitative estimate of drug-likeness (QED) is 0.493. The van der Waals surface area contributed by atoms with Gasteiger partial charge in [0.2, 0.25) is 0 Å². The Morgan fingerprint density at radius 1 is 1.57 bits per heavy atom. The van der Waals surface area contributed by atoms with Gasteiger partial charge in [0.1, 0.15) is 11.7 Å². The van der Waals surface area contributed by atoms with Crippen LogP contribution in [-0.4, -0.2) is 34.1 Å². The number of hydrogen-bond acceptors (Lipinski definition) is 3. The van der Waals surface area contributed by atoms with Crippen molar-refractivity contribution in [1.29, 1.82) is 0 Å². The predicted molar refractivity (Wildman–Crippen MR) is 51.5 cm³/mol. The van der Waals surface area contributed by atoms with E-state index < -0.39 is 11.2 Å². The number of hydrogen-bond donors (Lipinski definition) is 2. The van der Waals surface area contributed by atoms with E-state index in [4.69, 9.17) is 9.84 Å². The third kappa shape index (κ3) is 1.78. The molecule has 14 heavy (non-hydrogen) atoms. The number of epoxide rings is 1. The standard InChI is InChI=1S/C11H16O3/c1-10(13,8-3-4-8)5-6-11(2)9(7-12)14-11/h8-9,12-13H,3-4,7H2,1-2H3/t9-,10?,11+/m1/s1. The van der Waals surface area contributed by atoms with Crippen LogP contribution in [0.5, 0.6) is 0 Å². The predicted octanol–water partition coefficient (Wildman–Crippen LogP) is 0.301. The van der Waals surface area contributed by atoms with E-state index in [2.05, 4.69) is 11.8 Å². The van der Waals surface area contributed by atoms with E-state index in [9.17, 15) is 5.11 Å². The minimum Gasteiger partial charge on any atom is -0.394 e. The largest absolute Gasteiger partial charge is 0.394 e. The van der Waals surface area contributed by atoms with Crippen molar-refractivity contribution in [2.24, 2.45) is 5.92 Å². The van der Waals surface area contributed by atoms with Gasteiger partial charge in [0.05, 0.1) is 6.61 Å². The summed E-state index contributed by atoms with van der Waals surface area (Å²) in [4.78, 5) is 0. The first-order chi connectivity index (χ1) is 6.48. The summed E-state index contributed by atoms with van der Waals surface area (Å²) in [5, 5.41) is 18.7. The molecule has 2 aliphatic rings. The summed E-state index contributed by atoms with van der Waals surface area (Å²) in [6.07, 6.45) is 1.94. The van der Waals surface area contributed by atoms with Crippen LogP contribution in [0.4, 0.5) is 0 Å². The van der Waals surface area contributed by atoms with Crippen molar-refractivity contribution in [3.63, 3.8) is 0 Å². The van der Waals surface area contributed by atoms with Crippen molar-refractivity contribution < 1.29 is 14.9 Å². The summed E-state index contributed by atoms with van der Waals surface area (Å²) in [5.41, 5.74) is -1.41. The molecule has 2 N–H and O–H groups in total. The first-order valence-corrected chi connectivity index (χ1v) is 5.03. The van der Waals surface area contributed by atoms with Crippen LogP contribution < -0.4 is 0 Å². The van der Waals surface area contributed by atoms with Gasteiger partial charge in [-0.3, -0.25) is 0 Å². The Bertz CT molecular complexity index is 295. The molecule has 0 aromatic heterocycles. The molecule has 2 fully saturated rings. The molecule has 3 nitrogen and oxygen atoms in total. The lowest BCUT2D eigenvalue weighted by molar-refractivity contribution is 0.0977. The Balaban J connectivity index is 1.99. The van der Waals surface area contributed by atoms with Gasteiger partial charge in [0.15, 0.2) is 5.60 Å². The normalized spacial score (nSPS) is 39.6. The molecule has 1 saturated heterocycles. The highest BCUT2D eigenvalue weighted by Crippen LogP contribution is 2.40. The minimum absolute atomic E-state index is 0.00322. The molecule has 78 valence electrons. The van der Waals surface area contributed by atoms with Gasteiger partial charge in [0, 0.05) is 0 Å². The molecule has 0 radical (unpaired) electrons. The molecular weight excluding hydrogens is 180 g/mol. The number of rotatable bonds is 2. The molecule has 3 heteroatoms. The van der Waals surface area contributed by atoms with Crippen molar-refractivity contribution in [3.8, 4) is 11.8 Å². The van der Waals surface area contributed by atoms with Crippen LogP contribution in [0, 0.1) is 17.8 Å². The van der Waals surface area contributed by atoms with Crippen LogP contribution in [-0.2, 0) is 4.74 Å². The highest BCUT2D eigenvalue weighted by molar-refractivity contribution is 5.28. The number of aliphatic hydroxyl groups is 2. The SMILES string of the molecule is CC(O)(C#C[C@]1(C)O[C@@H]1CO)C1CC1. The highest BCUT2D eigenvalue weighted by Gasteiger charge is 2.51. The molecule has 0 spiro atoms. The van der Waals surface area contributed by atoms with Crippen molar-refractivity contribution >= 4 is 0 Å². The zero-order valence-corrected chi connectivity index (χ0v) is 8.58. The van der Waals surface area contributed by atoms with Gasteiger partial charge in [-0.25, -0.2) is 0 Å². The topological polar surface area (TPSA) is 53.0 Å². The Morgan fingerprint density at radius 3 is 2.64 bits per heavy atom. The molecule has 1 unspecified atom stereocenters. The fraction of sp³-hybridized carbons (Fsp3) is 0.818. The molecule has 1 aliphatic carbocycles. The van der Waals surface area contributed by atoms with Crippen LogP contribution in [0.25, 0.3) is 0 Å². The molecule has 1 saturated carbocycles. The lowest BCUT2D eigenvalue weighted by atomic mass is 9.99. The summed E-state index contributed by atoms with van der Waals surface area (Å²) in [7, 11) is 0. The molecule has 0 aromatic rings. The van der Waals surface area contributed by atoms with Gasteiger partial charge in [-0.2, -0.15) is 0 Å². The maximum Gasteiger partial charge on any atom is 0.154 e. The second-order valence-electron chi connectivity index (χ2n) is 4.57. The highest BCUT2D eigenvalue weighted by atomic mass is 16.6. The molecule has 1 aliphatic heterocycles. The summed E-state index contributed by atoms with van der Waals surface area (Å²) in [6.45, 7) is 3.58. The minimum atomic E-state index is -0.880. The van der Waals surface area contributed by atoms with Crippen LogP contribution in [0.15, 0.2) is 0 Å². The van der Waals surface area contributed by atoms with Crippen molar-refractivity contribution in [2.75, 3.05) is 6.61 Å². The van der Waals surface area contributed by atoms with E-state index >= 15 is 0 Å². The zero-order valence-electron chi connectivity index (χ0n) is 8.58. The molecule has 0 amide bonds. The van der Waals surface area contributed by atoms with E-state index in [1.54, 1.807) is 6.92 Å². The van der Waals surface area contributed by atoms with Crippen molar-refractivity contribution in [2.45, 2.75) is 44.0 Å². The van der Waals surface area contributed by atoms with Gasteiger partial charge >= 0.3 is 0 Å². The summed E-state index contributed by atoms with van der Waals surface area (Å²) < 4.78 is 5.21. The number of ether oxygens (including phenoxy) is 1. The molecule has 3 atom stereocenters. The molecular formula is C11H16O3. The average molecular weight is 196 g/mol. The third-order valence-corrected chi connectivity index (χ3v) is 3.05. The Hall–Kier alpha value is -0.560. The maximum absolute atomic E-state index is 9.91.